The third-order valence-corrected chi connectivity index (χ3v) is 3.30. The number of rotatable bonds is 4. The van der Waals surface area contributed by atoms with Crippen LogP contribution < -0.4 is 5.73 Å². The number of thiocarbonyl (C=S) groups is 1. The Morgan fingerprint density at radius 3 is 2.50 bits per heavy atom. The average Bonchev–Trinajstić information content (AvgIpc) is 2.01. The highest BCUT2D eigenvalue weighted by molar-refractivity contribution is 7.80. The van der Waals surface area contributed by atoms with E-state index in [1.165, 1.54) is 6.42 Å². The van der Waals surface area contributed by atoms with Gasteiger partial charge in [0, 0.05) is 13.1 Å². The molecule has 2 N–H and O–H groups in total. The zero-order valence-electron chi connectivity index (χ0n) is 8.82. The van der Waals surface area contributed by atoms with Crippen LogP contribution in [0.1, 0.15) is 32.6 Å². The number of amides is 1. The topological polar surface area (TPSA) is 46.3 Å². The smallest absolute Gasteiger partial charge is 0.232 e. The van der Waals surface area contributed by atoms with E-state index in [1.54, 1.807) is 0 Å². The molecular formula is C10H18N2OS. The van der Waals surface area contributed by atoms with E-state index in [4.69, 9.17) is 18.0 Å². The summed E-state index contributed by atoms with van der Waals surface area (Å²) >= 11 is 4.88. The zero-order chi connectivity index (χ0) is 10.7. The maximum Gasteiger partial charge on any atom is 0.232 e. The molecule has 1 fully saturated rings. The monoisotopic (exact) mass is 214 g/mol. The first-order valence-electron chi connectivity index (χ1n) is 5.14. The molecule has 14 heavy (non-hydrogen) atoms. The molecule has 0 aromatic heterocycles. The molecule has 0 spiro atoms. The van der Waals surface area contributed by atoms with E-state index in [9.17, 15) is 4.79 Å². The normalized spacial score (nSPS) is 18.4. The first-order chi connectivity index (χ1) is 6.57. The fourth-order valence-electron chi connectivity index (χ4n) is 1.70. The number of hydrogen-bond donors (Lipinski definition) is 1. The summed E-state index contributed by atoms with van der Waals surface area (Å²) < 4.78 is 0. The van der Waals surface area contributed by atoms with Gasteiger partial charge >= 0.3 is 0 Å². The average molecular weight is 214 g/mol. The highest BCUT2D eigenvalue weighted by Gasteiger charge is 2.30. The Morgan fingerprint density at radius 1 is 1.64 bits per heavy atom. The molecule has 1 aliphatic carbocycles. The van der Waals surface area contributed by atoms with Gasteiger partial charge < -0.3 is 10.6 Å². The third-order valence-electron chi connectivity index (χ3n) is 3.02. The predicted molar refractivity (Wildman–Crippen MR) is 61.0 cm³/mol. The Morgan fingerprint density at radius 2 is 2.21 bits per heavy atom. The highest BCUT2D eigenvalue weighted by Crippen LogP contribution is 2.25. The highest BCUT2D eigenvalue weighted by atomic mass is 32.1. The minimum Gasteiger partial charge on any atom is -0.393 e. The second-order valence-electron chi connectivity index (χ2n) is 3.90. The lowest BCUT2D eigenvalue weighted by atomic mass is 9.90. The van der Waals surface area contributed by atoms with Crippen molar-refractivity contribution in [2.45, 2.75) is 38.6 Å². The van der Waals surface area contributed by atoms with Crippen LogP contribution in [0.25, 0.3) is 0 Å². The summed E-state index contributed by atoms with van der Waals surface area (Å²) in [6, 6.07) is 0.422. The van der Waals surface area contributed by atoms with Gasteiger partial charge in [0.05, 0.1) is 10.9 Å². The van der Waals surface area contributed by atoms with Gasteiger partial charge in [0.15, 0.2) is 0 Å². The van der Waals surface area contributed by atoms with E-state index >= 15 is 0 Å². The second-order valence-corrected chi connectivity index (χ2v) is 4.37. The SMILES string of the molecule is CCC(C(=O)N(C)C1CCC1)C(N)=S. The van der Waals surface area contributed by atoms with Crippen molar-refractivity contribution in [2.75, 3.05) is 7.05 Å². The second kappa shape index (κ2) is 4.73. The predicted octanol–water partition coefficient (Wildman–Crippen LogP) is 1.31. The largest absolute Gasteiger partial charge is 0.393 e. The fourth-order valence-corrected chi connectivity index (χ4v) is 1.96. The van der Waals surface area contributed by atoms with Crippen molar-refractivity contribution < 1.29 is 4.79 Å². The van der Waals surface area contributed by atoms with Gasteiger partial charge in [-0.1, -0.05) is 19.1 Å². The minimum atomic E-state index is -0.268. The van der Waals surface area contributed by atoms with Gasteiger partial charge in [0.2, 0.25) is 5.91 Å². The van der Waals surface area contributed by atoms with E-state index in [1.807, 2.05) is 18.9 Å². The van der Waals surface area contributed by atoms with Gasteiger partial charge in [-0.2, -0.15) is 0 Å². The zero-order valence-corrected chi connectivity index (χ0v) is 9.64. The van der Waals surface area contributed by atoms with Crippen LogP contribution in [0, 0.1) is 5.92 Å². The molecule has 1 unspecified atom stereocenters. The van der Waals surface area contributed by atoms with Crippen molar-refractivity contribution in [3.05, 3.63) is 0 Å². The van der Waals surface area contributed by atoms with Crippen LogP contribution >= 0.6 is 12.2 Å². The van der Waals surface area contributed by atoms with Crippen LogP contribution in [-0.2, 0) is 4.79 Å². The van der Waals surface area contributed by atoms with E-state index in [0.717, 1.165) is 12.8 Å². The molecule has 80 valence electrons. The van der Waals surface area contributed by atoms with Crippen molar-refractivity contribution >= 4 is 23.1 Å². The van der Waals surface area contributed by atoms with Crippen LogP contribution in [0.2, 0.25) is 0 Å². The van der Waals surface area contributed by atoms with Crippen molar-refractivity contribution in [1.82, 2.24) is 4.90 Å². The molecule has 0 aliphatic heterocycles. The number of carbonyl (C=O) groups excluding carboxylic acids is 1. The van der Waals surface area contributed by atoms with E-state index in [2.05, 4.69) is 0 Å². The molecular weight excluding hydrogens is 196 g/mol. The Balaban J connectivity index is 2.56. The lowest BCUT2D eigenvalue weighted by molar-refractivity contribution is -0.135. The van der Waals surface area contributed by atoms with Crippen LogP contribution in [0.15, 0.2) is 0 Å². The standard InChI is InChI=1S/C10H18N2OS/c1-3-8(9(11)14)10(13)12(2)7-5-4-6-7/h7-8H,3-6H2,1-2H3,(H2,11,14). The third kappa shape index (κ3) is 2.23. The van der Waals surface area contributed by atoms with Crippen LogP contribution in [0.5, 0.6) is 0 Å². The molecule has 0 saturated heterocycles. The maximum absolute atomic E-state index is 11.9. The van der Waals surface area contributed by atoms with Crippen LogP contribution in [-0.4, -0.2) is 28.9 Å². The van der Waals surface area contributed by atoms with Crippen molar-refractivity contribution in [2.24, 2.45) is 11.7 Å². The molecule has 1 amide bonds. The van der Waals surface area contributed by atoms with E-state index in [-0.39, 0.29) is 11.8 Å². The van der Waals surface area contributed by atoms with Gasteiger partial charge in [0.1, 0.15) is 0 Å². The lowest BCUT2D eigenvalue weighted by Gasteiger charge is -2.36. The van der Waals surface area contributed by atoms with Crippen molar-refractivity contribution in [3.8, 4) is 0 Å². The number of nitrogens with two attached hydrogens (primary N) is 1. The van der Waals surface area contributed by atoms with Crippen LogP contribution in [0.3, 0.4) is 0 Å². The summed E-state index contributed by atoms with van der Waals surface area (Å²) in [6.07, 6.45) is 4.17. The van der Waals surface area contributed by atoms with Gasteiger partial charge in [-0.3, -0.25) is 4.79 Å². The molecule has 0 aromatic carbocycles. The number of carbonyl (C=O) groups is 1. The van der Waals surface area contributed by atoms with Crippen molar-refractivity contribution in [3.63, 3.8) is 0 Å². The molecule has 1 rings (SSSR count). The molecule has 0 heterocycles. The van der Waals surface area contributed by atoms with Gasteiger partial charge in [-0.15, -0.1) is 0 Å². The Hall–Kier alpha value is -0.640. The molecule has 3 nitrogen and oxygen atoms in total. The summed E-state index contributed by atoms with van der Waals surface area (Å²) in [5.74, 6) is -0.180. The minimum absolute atomic E-state index is 0.0877. The molecule has 1 atom stereocenters. The van der Waals surface area contributed by atoms with E-state index < -0.39 is 0 Å². The van der Waals surface area contributed by atoms with Gasteiger partial charge in [-0.25, -0.2) is 0 Å². The number of nitrogens with zero attached hydrogens (tertiary/aromatic N) is 1. The number of hydrogen-bond acceptors (Lipinski definition) is 2. The van der Waals surface area contributed by atoms with Crippen LogP contribution in [0.4, 0.5) is 0 Å². The molecule has 0 aromatic rings. The molecule has 0 radical (unpaired) electrons. The van der Waals surface area contributed by atoms with Gasteiger partial charge in [0.25, 0.3) is 0 Å². The van der Waals surface area contributed by atoms with Crippen molar-refractivity contribution in [1.29, 1.82) is 0 Å². The molecule has 0 bridgehead atoms. The quantitative estimate of drug-likeness (QED) is 0.718. The Bertz CT molecular complexity index is 238. The summed E-state index contributed by atoms with van der Waals surface area (Å²) in [5, 5.41) is 0. The molecule has 1 aliphatic rings. The Labute approximate surface area is 90.6 Å². The summed E-state index contributed by atoms with van der Waals surface area (Å²) in [7, 11) is 1.85. The van der Waals surface area contributed by atoms with Gasteiger partial charge in [-0.05, 0) is 25.7 Å². The first-order valence-corrected chi connectivity index (χ1v) is 5.54. The lowest BCUT2D eigenvalue weighted by Crippen LogP contribution is -2.46. The van der Waals surface area contributed by atoms with E-state index in [0.29, 0.717) is 17.5 Å². The fraction of sp³-hybridized carbons (Fsp3) is 0.800. The molecule has 4 heteroatoms. The Kier molecular flexibility index (Phi) is 3.86. The summed E-state index contributed by atoms with van der Waals surface area (Å²) in [5.41, 5.74) is 5.53. The summed E-state index contributed by atoms with van der Waals surface area (Å²) in [6.45, 7) is 1.94. The molecule has 1 saturated carbocycles. The summed E-state index contributed by atoms with van der Waals surface area (Å²) in [4.78, 5) is 14.0. The first kappa shape index (κ1) is 11.4. The maximum atomic E-state index is 11.9.